The molecule has 0 aliphatic rings. The molecule has 1 aromatic carbocycles. The van der Waals surface area contributed by atoms with E-state index in [0.29, 0.717) is 15.2 Å². The molecule has 0 spiro atoms. The minimum absolute atomic E-state index is 0.190. The van der Waals surface area contributed by atoms with Crippen LogP contribution in [-0.4, -0.2) is 17.6 Å². The molecule has 0 unspecified atom stereocenters. The van der Waals surface area contributed by atoms with Crippen molar-refractivity contribution in [3.05, 3.63) is 27.2 Å². The summed E-state index contributed by atoms with van der Waals surface area (Å²) in [6.45, 7) is 2.83. The number of anilines is 1. The molecule has 0 heterocycles. The fourth-order valence-electron chi connectivity index (χ4n) is 1.31. The number of halogens is 2. The van der Waals surface area contributed by atoms with Crippen LogP contribution in [0.3, 0.4) is 0 Å². The molecule has 0 saturated carbocycles. The summed E-state index contributed by atoms with van der Waals surface area (Å²) in [5.74, 6) is -0.984. The normalized spacial score (nSPS) is 10.2. The van der Waals surface area contributed by atoms with E-state index in [2.05, 4.69) is 28.2 Å². The standard InChI is InChI=1S/C11H13BrClNO2/c1-2-3-4-14-10-8(11(15)16)5-7(13)6-9(10)12/h5-6,14H,2-4H2,1H3,(H,15,16). The van der Waals surface area contributed by atoms with Crippen LogP contribution in [0, 0.1) is 0 Å². The van der Waals surface area contributed by atoms with Crippen LogP contribution in [0.4, 0.5) is 5.69 Å². The summed E-state index contributed by atoms with van der Waals surface area (Å²) in [4.78, 5) is 11.0. The van der Waals surface area contributed by atoms with Crippen molar-refractivity contribution in [3.63, 3.8) is 0 Å². The van der Waals surface area contributed by atoms with Gasteiger partial charge in [-0.3, -0.25) is 0 Å². The van der Waals surface area contributed by atoms with Gasteiger partial charge >= 0.3 is 5.97 Å². The molecule has 0 aliphatic carbocycles. The van der Waals surface area contributed by atoms with Crippen molar-refractivity contribution >= 4 is 39.2 Å². The second-order valence-electron chi connectivity index (χ2n) is 3.40. The molecule has 0 saturated heterocycles. The van der Waals surface area contributed by atoms with Gasteiger partial charge in [0.25, 0.3) is 0 Å². The average molecular weight is 307 g/mol. The molecule has 1 aromatic rings. The van der Waals surface area contributed by atoms with Crippen LogP contribution in [0.15, 0.2) is 16.6 Å². The minimum atomic E-state index is -0.984. The number of carboxylic acid groups (broad SMARTS) is 1. The largest absolute Gasteiger partial charge is 0.478 e. The molecule has 0 radical (unpaired) electrons. The van der Waals surface area contributed by atoms with E-state index in [9.17, 15) is 4.79 Å². The summed E-state index contributed by atoms with van der Waals surface area (Å²) in [5.41, 5.74) is 0.779. The predicted octanol–water partition coefficient (Wildman–Crippen LogP) is 4.01. The first-order valence-corrected chi connectivity index (χ1v) is 6.19. The van der Waals surface area contributed by atoms with Crippen molar-refractivity contribution in [1.29, 1.82) is 0 Å². The lowest BCUT2D eigenvalue weighted by Crippen LogP contribution is -2.08. The quantitative estimate of drug-likeness (QED) is 0.808. The summed E-state index contributed by atoms with van der Waals surface area (Å²) < 4.78 is 0.675. The van der Waals surface area contributed by atoms with Gasteiger partial charge in [0.1, 0.15) is 0 Å². The summed E-state index contributed by atoms with van der Waals surface area (Å²) >= 11 is 9.11. The van der Waals surface area contributed by atoms with Gasteiger partial charge in [0.05, 0.1) is 11.3 Å². The SMILES string of the molecule is CCCCNc1c(Br)cc(Cl)cc1C(=O)O. The van der Waals surface area contributed by atoms with Gasteiger partial charge in [-0.15, -0.1) is 0 Å². The van der Waals surface area contributed by atoms with Gasteiger partial charge < -0.3 is 10.4 Å². The van der Waals surface area contributed by atoms with Crippen LogP contribution in [0.1, 0.15) is 30.1 Å². The van der Waals surface area contributed by atoms with E-state index in [0.717, 1.165) is 19.4 Å². The third kappa shape index (κ3) is 3.39. The Hall–Kier alpha value is -0.740. The van der Waals surface area contributed by atoms with Crippen molar-refractivity contribution < 1.29 is 9.90 Å². The zero-order chi connectivity index (χ0) is 12.1. The maximum atomic E-state index is 11.0. The molecule has 0 atom stereocenters. The third-order valence-corrected chi connectivity index (χ3v) is 2.96. The molecule has 0 amide bonds. The molecular weight excluding hydrogens is 293 g/mol. The fraction of sp³-hybridized carbons (Fsp3) is 0.364. The molecule has 0 bridgehead atoms. The summed E-state index contributed by atoms with van der Waals surface area (Å²) in [5, 5.41) is 12.6. The van der Waals surface area contributed by atoms with Crippen molar-refractivity contribution in [2.45, 2.75) is 19.8 Å². The smallest absolute Gasteiger partial charge is 0.337 e. The first-order valence-electron chi connectivity index (χ1n) is 5.02. The lowest BCUT2D eigenvalue weighted by atomic mass is 10.1. The van der Waals surface area contributed by atoms with E-state index >= 15 is 0 Å². The Bertz CT molecular complexity index is 396. The highest BCUT2D eigenvalue weighted by Crippen LogP contribution is 2.30. The van der Waals surface area contributed by atoms with Crippen molar-refractivity contribution in [2.75, 3.05) is 11.9 Å². The molecule has 88 valence electrons. The Morgan fingerprint density at radius 2 is 2.25 bits per heavy atom. The van der Waals surface area contributed by atoms with E-state index in [4.69, 9.17) is 16.7 Å². The van der Waals surface area contributed by atoms with E-state index in [-0.39, 0.29) is 5.56 Å². The highest BCUT2D eigenvalue weighted by Gasteiger charge is 2.14. The molecule has 2 N–H and O–H groups in total. The molecular formula is C11H13BrClNO2. The highest BCUT2D eigenvalue weighted by molar-refractivity contribution is 9.10. The van der Waals surface area contributed by atoms with Gasteiger partial charge in [-0.2, -0.15) is 0 Å². The first kappa shape index (κ1) is 13.3. The molecule has 1 rings (SSSR count). The number of nitrogens with one attached hydrogen (secondary N) is 1. The van der Waals surface area contributed by atoms with Gasteiger partial charge in [0, 0.05) is 16.0 Å². The molecule has 0 aromatic heterocycles. The molecule has 0 fully saturated rings. The molecule has 3 nitrogen and oxygen atoms in total. The predicted molar refractivity (Wildman–Crippen MR) is 69.5 cm³/mol. The van der Waals surface area contributed by atoms with Crippen LogP contribution in [-0.2, 0) is 0 Å². The van der Waals surface area contributed by atoms with Gasteiger partial charge in [0.15, 0.2) is 0 Å². The summed E-state index contributed by atoms with van der Waals surface area (Å²) in [6, 6.07) is 3.13. The van der Waals surface area contributed by atoms with E-state index in [1.165, 1.54) is 6.07 Å². The van der Waals surface area contributed by atoms with Crippen LogP contribution >= 0.6 is 27.5 Å². The zero-order valence-electron chi connectivity index (χ0n) is 8.89. The van der Waals surface area contributed by atoms with Gasteiger partial charge in [-0.25, -0.2) is 4.79 Å². The third-order valence-electron chi connectivity index (χ3n) is 2.12. The summed E-state index contributed by atoms with van der Waals surface area (Å²) in [6.07, 6.45) is 2.05. The van der Waals surface area contributed by atoms with Gasteiger partial charge in [-0.1, -0.05) is 24.9 Å². The number of carbonyl (C=O) groups is 1. The van der Waals surface area contributed by atoms with Crippen molar-refractivity contribution in [3.8, 4) is 0 Å². The number of hydrogen-bond acceptors (Lipinski definition) is 2. The van der Waals surface area contributed by atoms with E-state index in [1.807, 2.05) is 0 Å². The van der Waals surface area contributed by atoms with E-state index < -0.39 is 5.97 Å². The maximum Gasteiger partial charge on any atom is 0.337 e. The Morgan fingerprint density at radius 3 is 2.81 bits per heavy atom. The van der Waals surface area contributed by atoms with E-state index in [1.54, 1.807) is 6.07 Å². The lowest BCUT2D eigenvalue weighted by Gasteiger charge is -2.11. The van der Waals surface area contributed by atoms with Gasteiger partial charge in [0.2, 0.25) is 0 Å². The number of carboxylic acids is 1. The van der Waals surface area contributed by atoms with Crippen LogP contribution < -0.4 is 5.32 Å². The maximum absolute atomic E-state index is 11.0. The topological polar surface area (TPSA) is 49.3 Å². The average Bonchev–Trinajstić information content (AvgIpc) is 2.20. The van der Waals surface area contributed by atoms with Crippen molar-refractivity contribution in [1.82, 2.24) is 0 Å². The number of benzene rings is 1. The summed E-state index contributed by atoms with van der Waals surface area (Å²) in [7, 11) is 0. The Kier molecular flexibility index (Phi) is 5.09. The van der Waals surface area contributed by atoms with Crippen LogP contribution in [0.25, 0.3) is 0 Å². The Balaban J connectivity index is 2.99. The lowest BCUT2D eigenvalue weighted by molar-refractivity contribution is 0.0698. The van der Waals surface area contributed by atoms with Crippen LogP contribution in [0.5, 0.6) is 0 Å². The monoisotopic (exact) mass is 305 g/mol. The number of rotatable bonds is 5. The van der Waals surface area contributed by atoms with Gasteiger partial charge in [-0.05, 0) is 34.5 Å². The number of aromatic carboxylic acids is 1. The van der Waals surface area contributed by atoms with Crippen LogP contribution in [0.2, 0.25) is 5.02 Å². The molecule has 0 aliphatic heterocycles. The molecule has 5 heteroatoms. The highest BCUT2D eigenvalue weighted by atomic mass is 79.9. The minimum Gasteiger partial charge on any atom is -0.478 e. The van der Waals surface area contributed by atoms with Crippen molar-refractivity contribution in [2.24, 2.45) is 0 Å². The Labute approximate surface area is 108 Å². The fourth-order valence-corrected chi connectivity index (χ4v) is 2.26. The number of hydrogen-bond donors (Lipinski definition) is 2. The second kappa shape index (κ2) is 6.11. The first-order chi connectivity index (χ1) is 7.56. The Morgan fingerprint density at radius 1 is 1.56 bits per heavy atom. The molecule has 16 heavy (non-hydrogen) atoms. The zero-order valence-corrected chi connectivity index (χ0v) is 11.2. The second-order valence-corrected chi connectivity index (χ2v) is 4.69. The number of unbranched alkanes of at least 4 members (excludes halogenated alkanes) is 1.